The maximum absolute atomic E-state index is 12.8. The number of para-hydroxylation sites is 1. The Labute approximate surface area is 192 Å². The fourth-order valence-corrected chi connectivity index (χ4v) is 4.31. The zero-order valence-electron chi connectivity index (χ0n) is 19.9. The summed E-state index contributed by atoms with van der Waals surface area (Å²) in [5, 5.41) is 4.63. The Balaban J connectivity index is 1.72. The number of aryl methyl sites for hydroxylation is 2. The highest BCUT2D eigenvalue weighted by atomic mass is 16.5. The fraction of sp³-hybridized carbons (Fsp3) is 0.333. The van der Waals surface area contributed by atoms with Gasteiger partial charge in [0.15, 0.2) is 0 Å². The van der Waals surface area contributed by atoms with E-state index in [1.54, 1.807) is 13.4 Å². The molecule has 0 aliphatic heterocycles. The minimum absolute atomic E-state index is 0.0819. The average molecular weight is 448 g/mol. The van der Waals surface area contributed by atoms with E-state index < -0.39 is 5.63 Å². The van der Waals surface area contributed by atoms with Crippen LogP contribution in [0.4, 0.5) is 0 Å². The van der Waals surface area contributed by atoms with Crippen molar-refractivity contribution >= 4 is 27.8 Å². The third kappa shape index (κ3) is 4.13. The molecule has 4 rings (SSSR count). The van der Waals surface area contributed by atoms with Crippen LogP contribution in [0.2, 0.25) is 0 Å². The molecule has 33 heavy (non-hydrogen) atoms. The molecule has 0 unspecified atom stereocenters. The summed E-state index contributed by atoms with van der Waals surface area (Å²) in [6, 6.07) is 9.36. The number of carbonyl (C=O) groups excluding carboxylic acids is 1. The smallest absolute Gasteiger partial charge is 0.340 e. The molecule has 0 radical (unpaired) electrons. The van der Waals surface area contributed by atoms with Gasteiger partial charge in [0, 0.05) is 23.1 Å². The first-order valence-corrected chi connectivity index (χ1v) is 11.0. The third-order valence-corrected chi connectivity index (χ3v) is 6.10. The van der Waals surface area contributed by atoms with Crippen LogP contribution < -0.4 is 15.7 Å². The SMILES string of the molecule is COc1ccccc1CNC(=O)Cc1c(C)c2c(cc(C)c3c(C(C)(C)C)coc32)oc1=O. The van der Waals surface area contributed by atoms with Crippen molar-refractivity contribution < 1.29 is 18.4 Å². The number of amides is 1. The van der Waals surface area contributed by atoms with Crippen LogP contribution in [0.15, 0.2) is 50.2 Å². The quantitative estimate of drug-likeness (QED) is 0.419. The van der Waals surface area contributed by atoms with Crippen molar-refractivity contribution in [3.63, 3.8) is 0 Å². The Morgan fingerprint density at radius 3 is 2.55 bits per heavy atom. The zero-order valence-corrected chi connectivity index (χ0v) is 19.9. The van der Waals surface area contributed by atoms with Crippen LogP contribution in [-0.2, 0) is 23.2 Å². The molecule has 1 N–H and O–H groups in total. The molecule has 0 saturated heterocycles. The molecule has 1 amide bonds. The number of ether oxygens (including phenoxy) is 1. The fourth-order valence-electron chi connectivity index (χ4n) is 4.31. The van der Waals surface area contributed by atoms with Gasteiger partial charge < -0.3 is 18.9 Å². The summed E-state index contributed by atoms with van der Waals surface area (Å²) in [6.45, 7) is 10.5. The normalized spacial score (nSPS) is 11.8. The third-order valence-electron chi connectivity index (χ3n) is 6.10. The second kappa shape index (κ2) is 8.43. The highest BCUT2D eigenvalue weighted by Crippen LogP contribution is 2.39. The van der Waals surface area contributed by atoms with Gasteiger partial charge in [0.05, 0.1) is 30.7 Å². The lowest BCUT2D eigenvalue weighted by Gasteiger charge is -2.17. The van der Waals surface area contributed by atoms with Crippen molar-refractivity contribution in [2.24, 2.45) is 0 Å². The largest absolute Gasteiger partial charge is 0.496 e. The summed E-state index contributed by atoms with van der Waals surface area (Å²) in [6.07, 6.45) is 1.70. The van der Waals surface area contributed by atoms with E-state index in [0.717, 1.165) is 27.5 Å². The number of rotatable bonds is 5. The van der Waals surface area contributed by atoms with Crippen molar-refractivity contribution in [2.75, 3.05) is 7.11 Å². The van der Waals surface area contributed by atoms with E-state index in [4.69, 9.17) is 13.6 Å². The monoisotopic (exact) mass is 447 g/mol. The number of hydrogen-bond donors (Lipinski definition) is 1. The second-order valence-electron chi connectivity index (χ2n) is 9.43. The van der Waals surface area contributed by atoms with Gasteiger partial charge >= 0.3 is 5.63 Å². The number of benzene rings is 2. The maximum atomic E-state index is 12.8. The molecule has 172 valence electrons. The number of fused-ring (bicyclic) bond motifs is 3. The molecule has 2 heterocycles. The Bertz CT molecular complexity index is 1420. The molecule has 0 aliphatic carbocycles. The van der Waals surface area contributed by atoms with Crippen LogP contribution in [0.1, 0.15) is 48.6 Å². The Morgan fingerprint density at radius 1 is 1.12 bits per heavy atom. The number of carbonyl (C=O) groups is 1. The topological polar surface area (TPSA) is 81.7 Å². The first kappa shape index (κ1) is 22.6. The maximum Gasteiger partial charge on any atom is 0.340 e. The van der Waals surface area contributed by atoms with Crippen molar-refractivity contribution in [3.05, 3.63) is 74.8 Å². The zero-order chi connectivity index (χ0) is 23.9. The lowest BCUT2D eigenvalue weighted by atomic mass is 9.85. The molecule has 6 nitrogen and oxygen atoms in total. The molecule has 0 aliphatic rings. The van der Waals surface area contributed by atoms with Gasteiger partial charge in [0.2, 0.25) is 5.91 Å². The minimum atomic E-state index is -0.506. The van der Waals surface area contributed by atoms with Crippen LogP contribution in [0, 0.1) is 13.8 Å². The molecule has 2 aromatic carbocycles. The number of hydrogen-bond acceptors (Lipinski definition) is 5. The lowest BCUT2D eigenvalue weighted by molar-refractivity contribution is -0.120. The summed E-state index contributed by atoms with van der Waals surface area (Å²) in [4.78, 5) is 25.5. The molecule has 2 aromatic heterocycles. The second-order valence-corrected chi connectivity index (χ2v) is 9.43. The molecule has 0 fully saturated rings. The van der Waals surface area contributed by atoms with Gasteiger partial charge in [-0.25, -0.2) is 4.79 Å². The minimum Gasteiger partial charge on any atom is -0.496 e. The standard InChI is InChI=1S/C27H29NO5/c1-15-11-21-24(25-23(15)19(14-32-25)27(3,4)5)16(2)18(26(30)33-21)12-22(29)28-13-17-9-7-8-10-20(17)31-6/h7-11,14H,12-13H2,1-6H3,(H,28,29). The molecular formula is C27H29NO5. The average Bonchev–Trinajstić information content (AvgIpc) is 3.21. The number of nitrogens with one attached hydrogen (secondary N) is 1. The van der Waals surface area contributed by atoms with Gasteiger partial charge in [-0.05, 0) is 42.5 Å². The van der Waals surface area contributed by atoms with E-state index in [2.05, 4.69) is 26.1 Å². The van der Waals surface area contributed by atoms with Gasteiger partial charge in [-0.15, -0.1) is 0 Å². The van der Waals surface area contributed by atoms with Crippen molar-refractivity contribution in [1.29, 1.82) is 0 Å². The Kier molecular flexibility index (Phi) is 5.78. The van der Waals surface area contributed by atoms with E-state index >= 15 is 0 Å². The van der Waals surface area contributed by atoms with Gasteiger partial charge in [-0.2, -0.15) is 0 Å². The molecule has 0 spiro atoms. The van der Waals surface area contributed by atoms with E-state index in [1.807, 2.05) is 44.2 Å². The molecule has 0 bridgehead atoms. The van der Waals surface area contributed by atoms with Crippen LogP contribution >= 0.6 is 0 Å². The van der Waals surface area contributed by atoms with Crippen LogP contribution in [0.3, 0.4) is 0 Å². The first-order chi connectivity index (χ1) is 15.6. The molecule has 4 aromatic rings. The first-order valence-electron chi connectivity index (χ1n) is 11.0. The molecule has 0 saturated carbocycles. The predicted molar refractivity (Wildman–Crippen MR) is 129 cm³/mol. The van der Waals surface area contributed by atoms with E-state index in [-0.39, 0.29) is 17.7 Å². The molecular weight excluding hydrogens is 418 g/mol. The van der Waals surface area contributed by atoms with Crippen LogP contribution in [-0.4, -0.2) is 13.0 Å². The van der Waals surface area contributed by atoms with Crippen LogP contribution in [0.5, 0.6) is 5.75 Å². The van der Waals surface area contributed by atoms with Gasteiger partial charge in [0.25, 0.3) is 0 Å². The molecule has 6 heteroatoms. The number of methoxy groups -OCH3 is 1. The summed E-state index contributed by atoms with van der Waals surface area (Å²) in [5.41, 5.74) is 4.52. The molecule has 0 atom stereocenters. The highest BCUT2D eigenvalue weighted by Gasteiger charge is 2.25. The summed E-state index contributed by atoms with van der Waals surface area (Å²) < 4.78 is 17.0. The van der Waals surface area contributed by atoms with Gasteiger partial charge in [-0.1, -0.05) is 39.0 Å². The van der Waals surface area contributed by atoms with Crippen LogP contribution in [0.25, 0.3) is 21.9 Å². The summed E-state index contributed by atoms with van der Waals surface area (Å²) in [7, 11) is 1.59. The van der Waals surface area contributed by atoms with E-state index in [0.29, 0.717) is 34.6 Å². The predicted octanol–water partition coefficient (Wildman–Crippen LogP) is 5.32. The lowest BCUT2D eigenvalue weighted by Crippen LogP contribution is -2.27. The number of furan rings is 1. The van der Waals surface area contributed by atoms with Gasteiger partial charge in [-0.3, -0.25) is 4.79 Å². The Morgan fingerprint density at radius 2 is 1.85 bits per heavy atom. The summed E-state index contributed by atoms with van der Waals surface area (Å²) >= 11 is 0. The van der Waals surface area contributed by atoms with Crippen molar-refractivity contribution in [1.82, 2.24) is 5.32 Å². The van der Waals surface area contributed by atoms with E-state index in [9.17, 15) is 9.59 Å². The van der Waals surface area contributed by atoms with Crippen molar-refractivity contribution in [2.45, 2.75) is 53.0 Å². The van der Waals surface area contributed by atoms with Crippen molar-refractivity contribution in [3.8, 4) is 5.75 Å². The van der Waals surface area contributed by atoms with Gasteiger partial charge in [0.1, 0.15) is 16.9 Å². The van der Waals surface area contributed by atoms with E-state index in [1.165, 1.54) is 0 Å². The Hall–Kier alpha value is -3.54. The highest BCUT2D eigenvalue weighted by molar-refractivity contribution is 6.07. The summed E-state index contributed by atoms with van der Waals surface area (Å²) in [5.74, 6) is 0.429.